The van der Waals surface area contributed by atoms with Gasteiger partial charge in [0.2, 0.25) is 0 Å². The molecule has 2 radical (unpaired) electrons. The SMILES string of the molecule is ClC1=CS[C]N1. The van der Waals surface area contributed by atoms with Crippen LogP contribution in [-0.4, -0.2) is 0 Å². The second-order valence-corrected chi connectivity index (χ2v) is 1.89. The molecule has 1 aliphatic heterocycles. The maximum absolute atomic E-state index is 5.38. The molecule has 0 saturated heterocycles. The summed E-state index contributed by atoms with van der Waals surface area (Å²) in [4.78, 5) is 0. The first-order chi connectivity index (χ1) is 2.89. The average Bonchev–Trinajstić information content (AvgIpc) is 1.86. The molecule has 0 unspecified atom stereocenters. The Morgan fingerprint density at radius 3 is 3.00 bits per heavy atom. The highest BCUT2D eigenvalue weighted by Crippen LogP contribution is 2.17. The molecule has 0 spiro atoms. The summed E-state index contributed by atoms with van der Waals surface area (Å²) < 4.78 is 0. The first kappa shape index (κ1) is 4.34. The highest BCUT2D eigenvalue weighted by Gasteiger charge is 1.97. The molecular formula is C3H2ClNS. The molecule has 3 heteroatoms. The maximum atomic E-state index is 5.38. The van der Waals surface area contributed by atoms with E-state index in [0.717, 1.165) is 0 Å². The van der Waals surface area contributed by atoms with Gasteiger partial charge in [-0.25, -0.2) is 0 Å². The molecule has 1 heterocycles. The van der Waals surface area contributed by atoms with Gasteiger partial charge in [-0.1, -0.05) is 23.4 Å². The third kappa shape index (κ3) is 0.820. The quantitative estimate of drug-likeness (QED) is 0.484. The molecule has 0 aromatic rings. The van der Waals surface area contributed by atoms with Gasteiger partial charge in [0.15, 0.2) is 5.88 Å². The Hall–Kier alpha value is 0.180. The van der Waals surface area contributed by atoms with Gasteiger partial charge in [0.25, 0.3) is 0 Å². The first-order valence-electron chi connectivity index (χ1n) is 1.42. The Morgan fingerprint density at radius 2 is 2.83 bits per heavy atom. The van der Waals surface area contributed by atoms with Gasteiger partial charge in [-0.05, 0) is 0 Å². The minimum Gasteiger partial charge on any atom is -0.355 e. The van der Waals surface area contributed by atoms with E-state index in [1.165, 1.54) is 11.8 Å². The van der Waals surface area contributed by atoms with E-state index < -0.39 is 0 Å². The molecule has 0 aromatic heterocycles. The normalized spacial score (nSPS) is 19.8. The number of rotatable bonds is 0. The Labute approximate surface area is 45.7 Å². The lowest BCUT2D eigenvalue weighted by molar-refractivity contribution is 1.16. The lowest BCUT2D eigenvalue weighted by atomic mass is 11.0. The van der Waals surface area contributed by atoms with Gasteiger partial charge in [-0.2, -0.15) is 0 Å². The van der Waals surface area contributed by atoms with Gasteiger partial charge in [-0.15, -0.1) is 0 Å². The van der Waals surface area contributed by atoms with Crippen molar-refractivity contribution in [3.63, 3.8) is 0 Å². The zero-order chi connectivity index (χ0) is 4.41. The van der Waals surface area contributed by atoms with E-state index in [2.05, 4.69) is 11.2 Å². The van der Waals surface area contributed by atoms with Crippen molar-refractivity contribution in [1.29, 1.82) is 0 Å². The largest absolute Gasteiger partial charge is 0.355 e. The lowest BCUT2D eigenvalue weighted by Gasteiger charge is -1.82. The Balaban J connectivity index is 2.45. The molecule has 1 N–H and O–H groups in total. The van der Waals surface area contributed by atoms with E-state index >= 15 is 0 Å². The van der Waals surface area contributed by atoms with Crippen LogP contribution in [0.5, 0.6) is 0 Å². The second kappa shape index (κ2) is 1.76. The van der Waals surface area contributed by atoms with Crippen LogP contribution in [0.25, 0.3) is 0 Å². The van der Waals surface area contributed by atoms with Crippen LogP contribution < -0.4 is 5.32 Å². The van der Waals surface area contributed by atoms with Gasteiger partial charge >= 0.3 is 0 Å². The van der Waals surface area contributed by atoms with Crippen LogP contribution >= 0.6 is 23.4 Å². The zero-order valence-corrected chi connectivity index (χ0v) is 4.44. The topological polar surface area (TPSA) is 12.0 Å². The van der Waals surface area contributed by atoms with Crippen LogP contribution in [-0.2, 0) is 0 Å². The Kier molecular flexibility index (Phi) is 1.27. The molecule has 1 rings (SSSR count). The van der Waals surface area contributed by atoms with E-state index in [9.17, 15) is 0 Å². The molecule has 0 aliphatic carbocycles. The third-order valence-corrected chi connectivity index (χ3v) is 1.30. The highest BCUT2D eigenvalue weighted by atomic mass is 35.5. The van der Waals surface area contributed by atoms with Crippen LogP contribution in [0.2, 0.25) is 0 Å². The fraction of sp³-hybridized carbons (Fsp3) is 0. The van der Waals surface area contributed by atoms with E-state index in [0.29, 0.717) is 5.16 Å². The van der Waals surface area contributed by atoms with Crippen LogP contribution in [0.1, 0.15) is 0 Å². The first-order valence-corrected chi connectivity index (χ1v) is 2.68. The molecule has 0 fully saturated rings. The molecule has 0 atom stereocenters. The highest BCUT2D eigenvalue weighted by molar-refractivity contribution is 8.04. The van der Waals surface area contributed by atoms with Crippen LogP contribution in [0.15, 0.2) is 10.6 Å². The lowest BCUT2D eigenvalue weighted by Crippen LogP contribution is -1.93. The standard InChI is InChI=1S/C3H2ClNS/c4-3-1-6-2-5-3/h1,5H. The predicted molar refractivity (Wildman–Crippen MR) is 27.9 cm³/mol. The number of hydrogen-bond acceptors (Lipinski definition) is 2. The van der Waals surface area contributed by atoms with Crippen LogP contribution in [0.3, 0.4) is 0 Å². The Bertz CT molecular complexity index is 80.9. The minimum absolute atomic E-state index is 0.653. The summed E-state index contributed by atoms with van der Waals surface area (Å²) in [5.41, 5.74) is 0. The van der Waals surface area contributed by atoms with Crippen molar-refractivity contribution in [2.24, 2.45) is 0 Å². The summed E-state index contributed by atoms with van der Waals surface area (Å²) in [6.07, 6.45) is 0. The maximum Gasteiger partial charge on any atom is 0.161 e. The third-order valence-electron chi connectivity index (χ3n) is 0.392. The molecule has 1 aliphatic rings. The minimum atomic E-state index is 0.653. The van der Waals surface area contributed by atoms with Crippen LogP contribution in [0.4, 0.5) is 0 Å². The molecule has 1 nitrogen and oxygen atoms in total. The molecule has 0 bridgehead atoms. The molecular weight excluding hydrogens is 118 g/mol. The van der Waals surface area contributed by atoms with Crippen molar-refractivity contribution < 1.29 is 0 Å². The van der Waals surface area contributed by atoms with Crippen molar-refractivity contribution in [1.82, 2.24) is 5.32 Å². The summed E-state index contributed by atoms with van der Waals surface area (Å²) in [5.74, 6) is 2.71. The fourth-order valence-corrected chi connectivity index (χ4v) is 0.816. The molecule has 6 heavy (non-hydrogen) atoms. The van der Waals surface area contributed by atoms with Gasteiger partial charge < -0.3 is 5.32 Å². The Morgan fingerprint density at radius 1 is 2.00 bits per heavy atom. The van der Waals surface area contributed by atoms with Gasteiger partial charge in [0, 0.05) is 5.41 Å². The van der Waals surface area contributed by atoms with Crippen molar-refractivity contribution in [2.75, 3.05) is 0 Å². The molecule has 0 aromatic carbocycles. The monoisotopic (exact) mass is 119 g/mol. The summed E-state index contributed by atoms with van der Waals surface area (Å²) in [5, 5.41) is 5.09. The van der Waals surface area contributed by atoms with Crippen LogP contribution in [0, 0.1) is 5.88 Å². The fourth-order valence-electron chi connectivity index (χ4n) is 0.189. The number of halogens is 1. The van der Waals surface area contributed by atoms with E-state index in [1.807, 2.05) is 0 Å². The summed E-state index contributed by atoms with van der Waals surface area (Å²) in [6, 6.07) is 0. The number of nitrogens with one attached hydrogen (secondary N) is 1. The van der Waals surface area contributed by atoms with Gasteiger partial charge in [0.05, 0.1) is 0 Å². The summed E-state index contributed by atoms with van der Waals surface area (Å²) in [6.45, 7) is 0. The van der Waals surface area contributed by atoms with Gasteiger partial charge in [0.1, 0.15) is 5.16 Å². The van der Waals surface area contributed by atoms with Crippen molar-refractivity contribution in [3.8, 4) is 0 Å². The smallest absolute Gasteiger partial charge is 0.161 e. The van der Waals surface area contributed by atoms with Gasteiger partial charge in [-0.3, -0.25) is 0 Å². The van der Waals surface area contributed by atoms with E-state index in [1.54, 1.807) is 5.41 Å². The number of hydrogen-bond donors (Lipinski definition) is 1. The van der Waals surface area contributed by atoms with Crippen molar-refractivity contribution in [3.05, 3.63) is 16.4 Å². The van der Waals surface area contributed by atoms with Crippen molar-refractivity contribution in [2.45, 2.75) is 0 Å². The second-order valence-electron chi connectivity index (χ2n) is 0.811. The molecule has 0 saturated carbocycles. The molecule has 0 amide bonds. The summed E-state index contributed by atoms with van der Waals surface area (Å²) >= 11 is 6.81. The average molecular weight is 120 g/mol. The predicted octanol–water partition coefficient (Wildman–Crippen LogP) is 1.36. The van der Waals surface area contributed by atoms with E-state index in [4.69, 9.17) is 11.6 Å². The molecule has 32 valence electrons. The summed E-state index contributed by atoms with van der Waals surface area (Å²) in [7, 11) is 0. The van der Waals surface area contributed by atoms with Crippen molar-refractivity contribution >= 4 is 23.4 Å². The zero-order valence-electron chi connectivity index (χ0n) is 2.86. The number of thioether (sulfide) groups is 1. The van der Waals surface area contributed by atoms with E-state index in [-0.39, 0.29) is 0 Å².